The summed E-state index contributed by atoms with van der Waals surface area (Å²) in [6.45, 7) is 5.72. The average molecular weight is 278 g/mol. The Kier molecular flexibility index (Phi) is 4.98. The van der Waals surface area contributed by atoms with Gasteiger partial charge in [0.2, 0.25) is 0 Å². The van der Waals surface area contributed by atoms with Crippen molar-refractivity contribution in [1.29, 1.82) is 0 Å². The van der Waals surface area contributed by atoms with Gasteiger partial charge in [-0.25, -0.2) is 0 Å². The minimum absolute atomic E-state index is 0.140. The summed E-state index contributed by atoms with van der Waals surface area (Å²) in [5.74, 6) is 0.123. The Balaban J connectivity index is 1.94. The van der Waals surface area contributed by atoms with Crippen LogP contribution < -0.4 is 4.74 Å². The number of carbonyl (C=O) groups is 1. The maximum Gasteiger partial charge on any atom is 0.317 e. The standard InChI is InChI=1S/C15H22N2O3/c1-12(13-4-3-5-14(10-13)20-2)17-8-6-16(7-9-17)11-15(18)19/h3-5,10,12H,6-9,11H2,1-2H3,(H,18,19). The lowest BCUT2D eigenvalue weighted by atomic mass is 10.1. The van der Waals surface area contributed by atoms with Crippen LogP contribution in [0.2, 0.25) is 0 Å². The first kappa shape index (κ1) is 14.8. The summed E-state index contributed by atoms with van der Waals surface area (Å²) in [5.41, 5.74) is 1.23. The van der Waals surface area contributed by atoms with Crippen molar-refractivity contribution in [3.63, 3.8) is 0 Å². The van der Waals surface area contributed by atoms with Gasteiger partial charge in [-0.3, -0.25) is 14.6 Å². The van der Waals surface area contributed by atoms with E-state index < -0.39 is 5.97 Å². The molecule has 1 aliphatic rings. The number of methoxy groups -OCH3 is 1. The number of ether oxygens (including phenoxy) is 1. The van der Waals surface area contributed by atoms with E-state index in [1.54, 1.807) is 7.11 Å². The quantitative estimate of drug-likeness (QED) is 0.883. The second kappa shape index (κ2) is 6.72. The van der Waals surface area contributed by atoms with E-state index in [0.717, 1.165) is 31.9 Å². The molecule has 110 valence electrons. The van der Waals surface area contributed by atoms with Gasteiger partial charge < -0.3 is 9.84 Å². The Morgan fingerprint density at radius 1 is 1.35 bits per heavy atom. The van der Waals surface area contributed by atoms with E-state index in [1.807, 2.05) is 17.0 Å². The van der Waals surface area contributed by atoms with Gasteiger partial charge in [0.05, 0.1) is 13.7 Å². The molecule has 0 amide bonds. The number of carboxylic acids is 1. The highest BCUT2D eigenvalue weighted by Gasteiger charge is 2.23. The summed E-state index contributed by atoms with van der Waals surface area (Å²) in [7, 11) is 1.68. The molecule has 5 heteroatoms. The number of hydrogen-bond acceptors (Lipinski definition) is 4. The van der Waals surface area contributed by atoms with Crippen molar-refractivity contribution in [2.75, 3.05) is 39.8 Å². The molecule has 1 N–H and O–H groups in total. The lowest BCUT2D eigenvalue weighted by Crippen LogP contribution is -2.48. The van der Waals surface area contributed by atoms with Gasteiger partial charge >= 0.3 is 5.97 Å². The highest BCUT2D eigenvalue weighted by Crippen LogP contribution is 2.24. The van der Waals surface area contributed by atoms with Crippen LogP contribution in [0.5, 0.6) is 5.75 Å². The molecule has 0 saturated carbocycles. The molecule has 1 fully saturated rings. The molecular weight excluding hydrogens is 256 g/mol. The first-order valence-electron chi connectivity index (χ1n) is 6.92. The van der Waals surface area contributed by atoms with E-state index in [2.05, 4.69) is 24.0 Å². The molecule has 0 aromatic heterocycles. The Hall–Kier alpha value is -1.59. The van der Waals surface area contributed by atoms with Crippen LogP contribution in [-0.4, -0.2) is 60.7 Å². The van der Waals surface area contributed by atoms with Crippen LogP contribution >= 0.6 is 0 Å². The molecular formula is C15H22N2O3. The van der Waals surface area contributed by atoms with Crippen molar-refractivity contribution in [2.24, 2.45) is 0 Å². The predicted molar refractivity (Wildman–Crippen MR) is 77.1 cm³/mol. The van der Waals surface area contributed by atoms with E-state index in [-0.39, 0.29) is 6.54 Å². The SMILES string of the molecule is COc1cccc(C(C)N2CCN(CC(=O)O)CC2)c1. The highest BCUT2D eigenvalue weighted by atomic mass is 16.5. The second-order valence-corrected chi connectivity index (χ2v) is 5.16. The van der Waals surface area contributed by atoms with Crippen molar-refractivity contribution >= 4 is 5.97 Å². The summed E-state index contributed by atoms with van der Waals surface area (Å²) < 4.78 is 5.26. The first-order chi connectivity index (χ1) is 9.60. The molecule has 1 heterocycles. The van der Waals surface area contributed by atoms with Crippen LogP contribution in [0.4, 0.5) is 0 Å². The third-order valence-corrected chi connectivity index (χ3v) is 3.89. The molecule has 1 aromatic carbocycles. The summed E-state index contributed by atoms with van der Waals surface area (Å²) in [5, 5.41) is 8.81. The lowest BCUT2D eigenvalue weighted by Gasteiger charge is -2.37. The number of rotatable bonds is 5. The van der Waals surface area contributed by atoms with Crippen molar-refractivity contribution in [2.45, 2.75) is 13.0 Å². The van der Waals surface area contributed by atoms with E-state index in [1.165, 1.54) is 5.56 Å². The van der Waals surface area contributed by atoms with Crippen LogP contribution in [-0.2, 0) is 4.79 Å². The maximum absolute atomic E-state index is 10.7. The Morgan fingerprint density at radius 2 is 2.05 bits per heavy atom. The molecule has 1 aromatic rings. The normalized spacial score (nSPS) is 18.7. The zero-order valence-corrected chi connectivity index (χ0v) is 12.1. The Labute approximate surface area is 119 Å². The monoisotopic (exact) mass is 278 g/mol. The topological polar surface area (TPSA) is 53.0 Å². The van der Waals surface area contributed by atoms with Gasteiger partial charge in [0.25, 0.3) is 0 Å². The fourth-order valence-corrected chi connectivity index (χ4v) is 2.61. The van der Waals surface area contributed by atoms with Crippen LogP contribution in [0.3, 0.4) is 0 Å². The fraction of sp³-hybridized carbons (Fsp3) is 0.533. The van der Waals surface area contributed by atoms with Crippen LogP contribution in [0, 0.1) is 0 Å². The Morgan fingerprint density at radius 3 is 2.65 bits per heavy atom. The van der Waals surface area contributed by atoms with Crippen molar-refractivity contribution < 1.29 is 14.6 Å². The Bertz CT molecular complexity index is 456. The highest BCUT2D eigenvalue weighted by molar-refractivity contribution is 5.69. The largest absolute Gasteiger partial charge is 0.497 e. The maximum atomic E-state index is 10.7. The number of carboxylic acid groups (broad SMARTS) is 1. The molecule has 0 spiro atoms. The van der Waals surface area contributed by atoms with E-state index in [9.17, 15) is 4.79 Å². The zero-order valence-electron chi connectivity index (χ0n) is 12.1. The van der Waals surface area contributed by atoms with Gasteiger partial charge in [0.15, 0.2) is 0 Å². The van der Waals surface area contributed by atoms with Gasteiger partial charge in [-0.05, 0) is 24.6 Å². The molecule has 20 heavy (non-hydrogen) atoms. The zero-order chi connectivity index (χ0) is 14.5. The minimum Gasteiger partial charge on any atom is -0.497 e. The fourth-order valence-electron chi connectivity index (χ4n) is 2.61. The van der Waals surface area contributed by atoms with Crippen LogP contribution in [0.1, 0.15) is 18.5 Å². The van der Waals surface area contributed by atoms with Crippen LogP contribution in [0.15, 0.2) is 24.3 Å². The lowest BCUT2D eigenvalue weighted by molar-refractivity contribution is -0.138. The second-order valence-electron chi connectivity index (χ2n) is 5.16. The third kappa shape index (κ3) is 3.71. The van der Waals surface area contributed by atoms with Gasteiger partial charge in [-0.2, -0.15) is 0 Å². The van der Waals surface area contributed by atoms with Gasteiger partial charge in [0, 0.05) is 32.2 Å². The first-order valence-corrected chi connectivity index (χ1v) is 6.92. The summed E-state index contributed by atoms with van der Waals surface area (Å²) >= 11 is 0. The third-order valence-electron chi connectivity index (χ3n) is 3.89. The molecule has 5 nitrogen and oxygen atoms in total. The number of benzene rings is 1. The summed E-state index contributed by atoms with van der Waals surface area (Å²) in [6, 6.07) is 8.44. The average Bonchev–Trinajstić information content (AvgIpc) is 2.47. The smallest absolute Gasteiger partial charge is 0.317 e. The molecule has 1 unspecified atom stereocenters. The van der Waals surface area contributed by atoms with E-state index in [0.29, 0.717) is 6.04 Å². The molecule has 0 radical (unpaired) electrons. The van der Waals surface area contributed by atoms with Gasteiger partial charge in [-0.15, -0.1) is 0 Å². The van der Waals surface area contributed by atoms with Crippen molar-refractivity contribution in [3.05, 3.63) is 29.8 Å². The molecule has 1 aliphatic heterocycles. The van der Waals surface area contributed by atoms with Crippen molar-refractivity contribution in [3.8, 4) is 5.75 Å². The molecule has 0 bridgehead atoms. The van der Waals surface area contributed by atoms with Gasteiger partial charge in [0.1, 0.15) is 5.75 Å². The minimum atomic E-state index is -0.751. The van der Waals surface area contributed by atoms with Crippen LogP contribution in [0.25, 0.3) is 0 Å². The predicted octanol–water partition coefficient (Wildman–Crippen LogP) is 1.46. The molecule has 0 aliphatic carbocycles. The van der Waals surface area contributed by atoms with E-state index >= 15 is 0 Å². The summed E-state index contributed by atoms with van der Waals surface area (Å²) in [4.78, 5) is 15.1. The number of hydrogen-bond donors (Lipinski definition) is 1. The van der Waals surface area contributed by atoms with Gasteiger partial charge in [-0.1, -0.05) is 12.1 Å². The number of piperazine rings is 1. The molecule has 1 saturated heterocycles. The number of aliphatic carboxylic acids is 1. The molecule has 1 atom stereocenters. The number of nitrogens with zero attached hydrogens (tertiary/aromatic N) is 2. The summed E-state index contributed by atoms with van der Waals surface area (Å²) in [6.07, 6.45) is 0. The molecule has 2 rings (SSSR count). The van der Waals surface area contributed by atoms with E-state index in [4.69, 9.17) is 9.84 Å². The van der Waals surface area contributed by atoms with Crippen molar-refractivity contribution in [1.82, 2.24) is 9.80 Å².